The lowest BCUT2D eigenvalue weighted by molar-refractivity contribution is -0.140. The molecule has 0 saturated carbocycles. The van der Waals surface area contributed by atoms with Gasteiger partial charge in [0.1, 0.15) is 12.6 Å². The predicted octanol–water partition coefficient (Wildman–Crippen LogP) is 5.58. The quantitative estimate of drug-likeness (QED) is 0.250. The van der Waals surface area contributed by atoms with Gasteiger partial charge in [-0.25, -0.2) is 8.42 Å². The van der Waals surface area contributed by atoms with Crippen molar-refractivity contribution in [1.82, 2.24) is 10.2 Å². The van der Waals surface area contributed by atoms with Gasteiger partial charge in [-0.1, -0.05) is 49.7 Å². The second kappa shape index (κ2) is 15.1. The maximum absolute atomic E-state index is 14.2. The number of anilines is 1. The summed E-state index contributed by atoms with van der Waals surface area (Å²) in [7, 11) is -1.44. The van der Waals surface area contributed by atoms with Crippen molar-refractivity contribution in [3.63, 3.8) is 0 Å². The van der Waals surface area contributed by atoms with Crippen molar-refractivity contribution in [1.29, 1.82) is 0 Å². The second-order valence-electron chi connectivity index (χ2n) is 10.2. The summed E-state index contributed by atoms with van der Waals surface area (Å²) in [5, 5.41) is 3.39. The molecule has 2 atom stereocenters. The number of methoxy groups -OCH3 is 2. The number of carbonyl (C=O) groups is 2. The molecule has 1 N–H and O–H groups in total. The molecule has 232 valence electrons. The minimum atomic E-state index is -4.30. The zero-order valence-corrected chi connectivity index (χ0v) is 27.0. The Bertz CT molecular complexity index is 1510. The maximum Gasteiger partial charge on any atom is 0.264 e. The summed E-state index contributed by atoms with van der Waals surface area (Å²) in [5.74, 6) is -0.244. The zero-order valence-electron chi connectivity index (χ0n) is 25.5. The summed E-state index contributed by atoms with van der Waals surface area (Å²) in [6.07, 6.45) is 1.06. The lowest BCUT2D eigenvalue weighted by atomic mass is 10.1. The Hall–Kier alpha value is -3.76. The molecule has 0 bridgehead atoms. The first-order valence-electron chi connectivity index (χ1n) is 14.1. The smallest absolute Gasteiger partial charge is 0.264 e. The molecule has 0 saturated heterocycles. The van der Waals surface area contributed by atoms with Crippen LogP contribution in [0.2, 0.25) is 5.02 Å². The Labute approximate surface area is 259 Å². The Balaban J connectivity index is 2.10. The van der Waals surface area contributed by atoms with Crippen LogP contribution in [0.25, 0.3) is 0 Å². The van der Waals surface area contributed by atoms with Crippen LogP contribution in [0.4, 0.5) is 5.69 Å². The highest BCUT2D eigenvalue weighted by molar-refractivity contribution is 7.92. The van der Waals surface area contributed by atoms with E-state index in [4.69, 9.17) is 21.1 Å². The van der Waals surface area contributed by atoms with E-state index in [9.17, 15) is 18.0 Å². The molecule has 43 heavy (non-hydrogen) atoms. The summed E-state index contributed by atoms with van der Waals surface area (Å²) in [6.45, 7) is 7.19. The van der Waals surface area contributed by atoms with Crippen molar-refractivity contribution < 1.29 is 27.5 Å². The van der Waals surface area contributed by atoms with Crippen LogP contribution in [0.3, 0.4) is 0 Å². The molecule has 3 aromatic carbocycles. The van der Waals surface area contributed by atoms with Gasteiger partial charge in [0.25, 0.3) is 10.0 Å². The van der Waals surface area contributed by atoms with E-state index in [1.165, 1.54) is 49.5 Å². The summed E-state index contributed by atoms with van der Waals surface area (Å²) in [6, 6.07) is 17.1. The number of nitrogens with one attached hydrogen (secondary N) is 1. The molecule has 0 aromatic heterocycles. The van der Waals surface area contributed by atoms with Gasteiger partial charge in [-0.3, -0.25) is 13.9 Å². The van der Waals surface area contributed by atoms with Crippen molar-refractivity contribution in [2.75, 3.05) is 25.1 Å². The molecule has 3 rings (SSSR count). The molecule has 11 heteroatoms. The van der Waals surface area contributed by atoms with Gasteiger partial charge in [0, 0.05) is 23.7 Å². The molecule has 0 aliphatic rings. The minimum absolute atomic E-state index is 0.0899. The highest BCUT2D eigenvalue weighted by Crippen LogP contribution is 2.33. The summed E-state index contributed by atoms with van der Waals surface area (Å²) < 4.78 is 40.0. The molecule has 9 nitrogen and oxygen atoms in total. The number of ether oxygens (including phenoxy) is 2. The number of sulfonamides is 1. The number of nitrogens with zero attached hydrogens (tertiary/aromatic N) is 2. The fourth-order valence-electron chi connectivity index (χ4n) is 4.57. The monoisotopic (exact) mass is 629 g/mol. The standard InChI is InChI=1S/C32H40ClN3O6S/c1-7-23(4)34-32(38)28(8-2)35(20-24-12-10-9-11-22(24)3)31(37)21-36(26-15-13-25(33)14-16-26)43(39,40)27-17-18-29(41-5)30(19-27)42-6/h9-19,23,28H,7-8,20-21H2,1-6H3,(H,34,38)/t23-,28-/m0/s1. The maximum atomic E-state index is 14.2. The van der Waals surface area contributed by atoms with E-state index >= 15 is 0 Å². The number of aryl methyl sites for hydroxylation is 1. The molecular weight excluding hydrogens is 590 g/mol. The fourth-order valence-corrected chi connectivity index (χ4v) is 6.13. The van der Waals surface area contributed by atoms with Crippen LogP contribution >= 0.6 is 11.6 Å². The van der Waals surface area contributed by atoms with Gasteiger partial charge in [-0.05, 0) is 74.2 Å². The van der Waals surface area contributed by atoms with Crippen molar-refractivity contribution in [3.05, 3.63) is 82.9 Å². The summed E-state index contributed by atoms with van der Waals surface area (Å²) in [5.41, 5.74) is 2.04. The highest BCUT2D eigenvalue weighted by atomic mass is 35.5. The van der Waals surface area contributed by atoms with Crippen molar-refractivity contribution in [2.24, 2.45) is 0 Å². The van der Waals surface area contributed by atoms with Crippen LogP contribution in [0.1, 0.15) is 44.7 Å². The van der Waals surface area contributed by atoms with Crippen LogP contribution in [0.5, 0.6) is 11.5 Å². The average Bonchev–Trinajstić information content (AvgIpc) is 3.00. The van der Waals surface area contributed by atoms with Gasteiger partial charge in [0.05, 0.1) is 24.8 Å². The molecule has 0 fully saturated rings. The van der Waals surface area contributed by atoms with Crippen molar-refractivity contribution in [2.45, 2.75) is 64.1 Å². The van der Waals surface area contributed by atoms with Gasteiger partial charge in [0.2, 0.25) is 11.8 Å². The largest absolute Gasteiger partial charge is 0.493 e. The van der Waals surface area contributed by atoms with E-state index in [1.54, 1.807) is 12.1 Å². The van der Waals surface area contributed by atoms with Crippen LogP contribution in [-0.4, -0.2) is 58.0 Å². The minimum Gasteiger partial charge on any atom is -0.493 e. The average molecular weight is 630 g/mol. The molecule has 0 heterocycles. The molecule has 0 radical (unpaired) electrons. The molecule has 3 aromatic rings. The van der Waals surface area contributed by atoms with Crippen LogP contribution in [0, 0.1) is 6.92 Å². The van der Waals surface area contributed by atoms with Gasteiger partial charge in [-0.15, -0.1) is 0 Å². The fraction of sp³-hybridized carbons (Fsp3) is 0.375. The predicted molar refractivity (Wildman–Crippen MR) is 169 cm³/mol. The number of hydrogen-bond acceptors (Lipinski definition) is 6. The Morgan fingerprint density at radius 2 is 1.58 bits per heavy atom. The SMILES string of the molecule is CC[C@H](C)NC(=O)[C@H](CC)N(Cc1ccccc1C)C(=O)CN(c1ccc(Cl)cc1)S(=O)(=O)c1ccc(OC)c(OC)c1. The number of carbonyl (C=O) groups excluding carboxylic acids is 2. The number of hydrogen-bond donors (Lipinski definition) is 1. The third-order valence-corrected chi connectivity index (χ3v) is 9.35. The third-order valence-electron chi connectivity index (χ3n) is 7.33. The van der Waals surface area contributed by atoms with Crippen LogP contribution in [-0.2, 0) is 26.2 Å². The highest BCUT2D eigenvalue weighted by Gasteiger charge is 2.34. The number of halogens is 1. The summed E-state index contributed by atoms with van der Waals surface area (Å²) >= 11 is 6.11. The zero-order chi connectivity index (χ0) is 31.7. The van der Waals surface area contributed by atoms with Crippen molar-refractivity contribution in [3.8, 4) is 11.5 Å². The molecule has 0 aliphatic heterocycles. The van der Waals surface area contributed by atoms with Gasteiger partial charge >= 0.3 is 0 Å². The number of rotatable bonds is 14. The summed E-state index contributed by atoms with van der Waals surface area (Å²) in [4.78, 5) is 29.0. The molecule has 0 spiro atoms. The molecule has 0 aliphatic carbocycles. The van der Waals surface area contributed by atoms with E-state index in [0.717, 1.165) is 21.9 Å². The van der Waals surface area contributed by atoms with Gasteiger partial charge in [-0.2, -0.15) is 0 Å². The van der Waals surface area contributed by atoms with Gasteiger partial charge < -0.3 is 19.7 Å². The topological polar surface area (TPSA) is 105 Å². The van der Waals surface area contributed by atoms with Gasteiger partial charge in [0.15, 0.2) is 11.5 Å². The lowest BCUT2D eigenvalue weighted by Crippen LogP contribution is -2.53. The Morgan fingerprint density at radius 3 is 2.16 bits per heavy atom. The Morgan fingerprint density at radius 1 is 0.930 bits per heavy atom. The number of benzene rings is 3. The number of amides is 2. The first-order valence-corrected chi connectivity index (χ1v) is 15.9. The van der Waals surface area contributed by atoms with Crippen LogP contribution < -0.4 is 19.1 Å². The van der Waals surface area contributed by atoms with E-state index < -0.39 is 28.5 Å². The normalized spacial score (nSPS) is 12.6. The molecule has 0 unspecified atom stereocenters. The Kier molecular flexibility index (Phi) is 11.9. The van der Waals surface area contributed by atoms with E-state index in [2.05, 4.69) is 5.32 Å². The van der Waals surface area contributed by atoms with E-state index in [0.29, 0.717) is 17.2 Å². The molecular formula is C32H40ClN3O6S. The third kappa shape index (κ3) is 8.20. The first kappa shape index (κ1) is 33.7. The molecule has 2 amide bonds. The second-order valence-corrected chi connectivity index (χ2v) is 12.5. The van der Waals surface area contributed by atoms with E-state index in [1.807, 2.05) is 52.0 Å². The first-order chi connectivity index (χ1) is 20.5. The lowest BCUT2D eigenvalue weighted by Gasteiger charge is -2.34. The van der Waals surface area contributed by atoms with E-state index in [-0.39, 0.29) is 34.8 Å². The van der Waals surface area contributed by atoms with Crippen molar-refractivity contribution >= 4 is 39.1 Å². The van der Waals surface area contributed by atoms with Crippen LogP contribution in [0.15, 0.2) is 71.6 Å².